The number of likely N-dealkylation sites (tertiary alicyclic amines) is 2. The number of benzene rings is 2. The summed E-state index contributed by atoms with van der Waals surface area (Å²) in [6.07, 6.45) is 6.60. The topological polar surface area (TPSA) is 122 Å². The molecule has 302 valence electrons. The van der Waals surface area contributed by atoms with Crippen LogP contribution in [-0.2, 0) is 18.9 Å². The van der Waals surface area contributed by atoms with E-state index in [1.54, 1.807) is 46.7 Å². The molecule has 2 aromatic heterocycles. The normalized spacial score (nSPS) is 17.4. The van der Waals surface area contributed by atoms with E-state index in [9.17, 15) is 9.59 Å². The van der Waals surface area contributed by atoms with E-state index < -0.39 is 11.2 Å². The number of hydrogen-bond acceptors (Lipinski definition) is 12. The zero-order valence-electron chi connectivity index (χ0n) is 33.7. The first-order valence-electron chi connectivity index (χ1n) is 19.2. The Morgan fingerprint density at radius 1 is 0.661 bits per heavy atom. The molecule has 0 aliphatic carbocycles. The Hall–Kier alpha value is -4.24. The smallest absolute Gasteiger partial charge is 0.410 e. The second-order valence-electron chi connectivity index (χ2n) is 15.9. The van der Waals surface area contributed by atoms with Crippen LogP contribution < -0.4 is 9.47 Å². The molecule has 2 fully saturated rings. The molecular formula is C42H54N4O8S2. The Bertz CT molecular complexity index is 1830. The Kier molecular flexibility index (Phi) is 13.2. The van der Waals surface area contributed by atoms with Crippen LogP contribution in [0.3, 0.4) is 0 Å². The van der Waals surface area contributed by atoms with Crippen LogP contribution in [0.15, 0.2) is 48.8 Å². The fourth-order valence-electron chi connectivity index (χ4n) is 6.78. The van der Waals surface area contributed by atoms with Crippen molar-refractivity contribution in [1.82, 2.24) is 19.8 Å². The van der Waals surface area contributed by atoms with Crippen molar-refractivity contribution < 1.29 is 38.0 Å². The third kappa shape index (κ3) is 10.2. The molecule has 2 atom stereocenters. The summed E-state index contributed by atoms with van der Waals surface area (Å²) in [4.78, 5) is 41.1. The van der Waals surface area contributed by atoms with Gasteiger partial charge in [0.15, 0.2) is 0 Å². The Morgan fingerprint density at radius 3 is 1.45 bits per heavy atom. The number of aromatic nitrogens is 2. The first-order chi connectivity index (χ1) is 26.7. The number of thiazole rings is 2. The molecule has 14 heteroatoms. The van der Waals surface area contributed by atoms with E-state index in [1.165, 1.54) is 0 Å². The summed E-state index contributed by atoms with van der Waals surface area (Å²) in [6.45, 7) is 14.1. The van der Waals surface area contributed by atoms with Crippen LogP contribution in [0.2, 0.25) is 0 Å². The van der Waals surface area contributed by atoms with Gasteiger partial charge in [0.05, 0.1) is 35.1 Å². The second kappa shape index (κ2) is 17.9. The molecule has 0 unspecified atom stereocenters. The number of ether oxygens (including phenoxy) is 6. The SMILES string of the molecule is COCCOc1cc(-c2cnc([C@@H]3CCCN3C(=O)OC(C)(C)C)s2)ccc1-c1ccc(-c2cnc([C@@H]3CCCN3C(=O)OC(C)(C)C)s2)cc1OCCOC. The Labute approximate surface area is 338 Å². The van der Waals surface area contributed by atoms with Gasteiger partial charge in [-0.2, -0.15) is 0 Å². The number of amides is 2. The average molecular weight is 807 g/mol. The quantitative estimate of drug-likeness (QED) is 0.121. The van der Waals surface area contributed by atoms with E-state index in [2.05, 4.69) is 12.1 Å². The lowest BCUT2D eigenvalue weighted by molar-refractivity contribution is 0.0213. The van der Waals surface area contributed by atoms with Gasteiger partial charge in [0.25, 0.3) is 0 Å². The fourth-order valence-corrected chi connectivity index (χ4v) is 8.90. The molecule has 6 rings (SSSR count). The van der Waals surface area contributed by atoms with Crippen LogP contribution in [0.4, 0.5) is 9.59 Å². The molecule has 2 saturated heterocycles. The second-order valence-corrected chi connectivity index (χ2v) is 18.0. The van der Waals surface area contributed by atoms with Crippen molar-refractivity contribution >= 4 is 34.9 Å². The van der Waals surface area contributed by atoms with Gasteiger partial charge in [-0.05, 0) is 103 Å². The van der Waals surface area contributed by atoms with E-state index in [0.717, 1.165) is 67.7 Å². The van der Waals surface area contributed by atoms with E-state index in [-0.39, 0.29) is 24.3 Å². The van der Waals surface area contributed by atoms with Gasteiger partial charge in [-0.1, -0.05) is 12.1 Å². The van der Waals surface area contributed by atoms with Crippen molar-refractivity contribution in [3.05, 3.63) is 58.8 Å². The molecule has 0 saturated carbocycles. The summed E-state index contributed by atoms with van der Waals surface area (Å²) in [5.74, 6) is 1.36. The highest BCUT2D eigenvalue weighted by atomic mass is 32.1. The molecule has 0 N–H and O–H groups in total. The maximum absolute atomic E-state index is 13.0. The monoisotopic (exact) mass is 806 g/mol. The molecule has 2 aliphatic rings. The van der Waals surface area contributed by atoms with Gasteiger partial charge in [-0.3, -0.25) is 9.80 Å². The summed E-state index contributed by atoms with van der Waals surface area (Å²) in [7, 11) is 3.30. The minimum atomic E-state index is -0.568. The van der Waals surface area contributed by atoms with Crippen molar-refractivity contribution in [2.45, 2.75) is 90.5 Å². The average Bonchev–Trinajstić information content (AvgIpc) is 3.97. The molecule has 56 heavy (non-hydrogen) atoms. The number of nitrogens with zero attached hydrogens (tertiary/aromatic N) is 4. The summed E-state index contributed by atoms with van der Waals surface area (Å²) in [5.41, 5.74) is 2.50. The molecule has 2 aromatic carbocycles. The molecule has 0 radical (unpaired) electrons. The molecule has 4 heterocycles. The largest absolute Gasteiger partial charge is 0.491 e. The number of methoxy groups -OCH3 is 2. The third-order valence-corrected chi connectivity index (χ3v) is 11.6. The van der Waals surface area contributed by atoms with Crippen LogP contribution in [0.5, 0.6) is 11.5 Å². The van der Waals surface area contributed by atoms with Gasteiger partial charge in [-0.15, -0.1) is 22.7 Å². The van der Waals surface area contributed by atoms with Gasteiger partial charge < -0.3 is 28.4 Å². The van der Waals surface area contributed by atoms with Crippen LogP contribution >= 0.6 is 22.7 Å². The summed E-state index contributed by atoms with van der Waals surface area (Å²) in [6, 6.07) is 12.0. The zero-order valence-corrected chi connectivity index (χ0v) is 35.3. The molecule has 12 nitrogen and oxygen atoms in total. The van der Waals surface area contributed by atoms with Crippen molar-refractivity contribution in [3.63, 3.8) is 0 Å². The lowest BCUT2D eigenvalue weighted by atomic mass is 9.99. The van der Waals surface area contributed by atoms with Crippen LogP contribution in [0.1, 0.15) is 89.3 Å². The van der Waals surface area contributed by atoms with E-state index in [0.29, 0.717) is 51.0 Å². The first kappa shape index (κ1) is 41.4. The molecule has 0 bridgehead atoms. The lowest BCUT2D eigenvalue weighted by Crippen LogP contribution is -2.36. The van der Waals surface area contributed by atoms with Gasteiger partial charge in [0.1, 0.15) is 45.9 Å². The first-order valence-corrected chi connectivity index (χ1v) is 20.8. The van der Waals surface area contributed by atoms with Crippen LogP contribution in [-0.4, -0.2) is 96.9 Å². The minimum Gasteiger partial charge on any atom is -0.491 e. The maximum atomic E-state index is 13.0. The highest BCUT2D eigenvalue weighted by Gasteiger charge is 2.36. The third-order valence-electron chi connectivity index (χ3n) is 9.29. The summed E-state index contributed by atoms with van der Waals surface area (Å²) in [5, 5.41) is 1.77. The Morgan fingerprint density at radius 2 is 1.07 bits per heavy atom. The van der Waals surface area contributed by atoms with E-state index in [1.807, 2.05) is 78.2 Å². The minimum absolute atomic E-state index is 0.123. The van der Waals surface area contributed by atoms with E-state index >= 15 is 0 Å². The molecule has 2 amide bonds. The number of rotatable bonds is 13. The molecule has 2 aliphatic heterocycles. The number of carbonyl (C=O) groups excluding carboxylic acids is 2. The van der Waals surface area contributed by atoms with Gasteiger partial charge >= 0.3 is 12.2 Å². The van der Waals surface area contributed by atoms with Crippen molar-refractivity contribution in [3.8, 4) is 43.5 Å². The molecule has 4 aromatic rings. The Balaban J connectivity index is 1.29. The zero-order chi connectivity index (χ0) is 40.0. The van der Waals surface area contributed by atoms with Gasteiger partial charge in [0.2, 0.25) is 0 Å². The number of hydrogen-bond donors (Lipinski definition) is 0. The standard InChI is InChI=1S/C42H54N4O8S2/c1-41(2,3)53-39(47)45-17-9-11-31(45)37-43-25-35(55-37)27-13-15-29(33(23-27)51-21-19-49-7)30-16-14-28(24-34(30)52-22-20-50-8)36-26-44-38(56-36)32-12-10-18-46(32)40(48)54-42(4,5)6/h13-16,23-26,31-32H,9-12,17-22H2,1-8H3/t31-,32-/m0/s1. The highest BCUT2D eigenvalue weighted by molar-refractivity contribution is 7.15. The van der Waals surface area contributed by atoms with Gasteiger partial charge in [0, 0.05) is 50.8 Å². The van der Waals surface area contributed by atoms with Crippen LogP contribution in [0, 0.1) is 0 Å². The van der Waals surface area contributed by atoms with Crippen molar-refractivity contribution in [2.24, 2.45) is 0 Å². The lowest BCUT2D eigenvalue weighted by Gasteiger charge is -2.27. The van der Waals surface area contributed by atoms with E-state index in [4.69, 9.17) is 38.4 Å². The predicted molar refractivity (Wildman–Crippen MR) is 219 cm³/mol. The predicted octanol–water partition coefficient (Wildman–Crippen LogP) is 9.79. The van der Waals surface area contributed by atoms with Crippen LogP contribution in [0.25, 0.3) is 32.0 Å². The van der Waals surface area contributed by atoms with Crippen molar-refractivity contribution in [1.29, 1.82) is 0 Å². The van der Waals surface area contributed by atoms with Crippen molar-refractivity contribution in [2.75, 3.05) is 53.7 Å². The highest BCUT2D eigenvalue weighted by Crippen LogP contribution is 2.44. The molecule has 0 spiro atoms. The molecular weight excluding hydrogens is 753 g/mol. The number of carbonyl (C=O) groups is 2. The summed E-state index contributed by atoms with van der Waals surface area (Å²) < 4.78 is 34.8. The van der Waals surface area contributed by atoms with Gasteiger partial charge in [-0.25, -0.2) is 19.6 Å². The summed E-state index contributed by atoms with van der Waals surface area (Å²) >= 11 is 3.16. The fraction of sp³-hybridized carbons (Fsp3) is 0.524. The maximum Gasteiger partial charge on any atom is 0.410 e.